The minimum absolute atomic E-state index is 0.168. The fourth-order valence-corrected chi connectivity index (χ4v) is 2.03. The van der Waals surface area contributed by atoms with E-state index in [1.165, 1.54) is 6.08 Å². The van der Waals surface area contributed by atoms with E-state index in [0.29, 0.717) is 19.3 Å². The molecule has 0 heterocycles. The van der Waals surface area contributed by atoms with Gasteiger partial charge in [0, 0.05) is 6.54 Å². The van der Waals surface area contributed by atoms with Crippen LogP contribution in [-0.2, 0) is 13.9 Å². The molecule has 1 atom stereocenters. The summed E-state index contributed by atoms with van der Waals surface area (Å²) in [6, 6.07) is 0. The number of hydrogen-bond acceptors (Lipinski definition) is 3. The first-order valence-electron chi connectivity index (χ1n) is 6.13. The van der Waals surface area contributed by atoms with E-state index < -0.39 is 8.03 Å². The SMILES string of the molecule is C=CC(=O)NCCCC[P+](=O)OCC[N+](C)(C)C. The van der Waals surface area contributed by atoms with Gasteiger partial charge in [-0.25, -0.2) is 0 Å². The number of amides is 1. The largest absolute Gasteiger partial charge is 0.508 e. The molecule has 0 aliphatic rings. The van der Waals surface area contributed by atoms with Crippen LogP contribution < -0.4 is 5.32 Å². The number of nitrogens with zero attached hydrogens (tertiary/aromatic N) is 1. The summed E-state index contributed by atoms with van der Waals surface area (Å²) in [7, 11) is 4.64. The van der Waals surface area contributed by atoms with Crippen LogP contribution in [-0.4, -0.2) is 57.4 Å². The lowest BCUT2D eigenvalue weighted by molar-refractivity contribution is -0.870. The van der Waals surface area contributed by atoms with E-state index in [4.69, 9.17) is 4.52 Å². The second kappa shape index (κ2) is 9.20. The van der Waals surface area contributed by atoms with Crippen molar-refractivity contribution in [2.24, 2.45) is 0 Å². The van der Waals surface area contributed by atoms with Crippen molar-refractivity contribution in [3.63, 3.8) is 0 Å². The minimum Gasteiger partial charge on any atom is -0.353 e. The van der Waals surface area contributed by atoms with Crippen molar-refractivity contribution < 1.29 is 18.4 Å². The molecule has 0 rings (SSSR count). The van der Waals surface area contributed by atoms with Gasteiger partial charge in [0.25, 0.3) is 0 Å². The van der Waals surface area contributed by atoms with Crippen LogP contribution in [0.25, 0.3) is 0 Å². The van der Waals surface area contributed by atoms with Crippen molar-refractivity contribution >= 4 is 13.9 Å². The quantitative estimate of drug-likeness (QED) is 0.285. The van der Waals surface area contributed by atoms with Crippen molar-refractivity contribution in [1.82, 2.24) is 5.32 Å². The van der Waals surface area contributed by atoms with Gasteiger partial charge in [0.05, 0.1) is 21.1 Å². The second-order valence-corrected chi connectivity index (χ2v) is 6.48. The topological polar surface area (TPSA) is 55.4 Å². The number of hydrogen-bond donors (Lipinski definition) is 1. The molecule has 6 heteroatoms. The van der Waals surface area contributed by atoms with Crippen molar-refractivity contribution in [1.29, 1.82) is 0 Å². The summed E-state index contributed by atoms with van der Waals surface area (Å²) in [5.74, 6) is -0.168. The number of carbonyl (C=O) groups excluding carboxylic acids is 1. The summed E-state index contributed by atoms with van der Waals surface area (Å²) in [6.45, 7) is 5.31. The van der Waals surface area contributed by atoms with Crippen LogP contribution in [0.2, 0.25) is 0 Å². The highest BCUT2D eigenvalue weighted by atomic mass is 31.1. The Morgan fingerprint density at radius 2 is 2.06 bits per heavy atom. The maximum Gasteiger partial charge on any atom is 0.508 e. The fourth-order valence-electron chi connectivity index (χ4n) is 1.13. The predicted molar refractivity (Wildman–Crippen MR) is 73.8 cm³/mol. The van der Waals surface area contributed by atoms with Gasteiger partial charge < -0.3 is 9.80 Å². The van der Waals surface area contributed by atoms with Gasteiger partial charge in [0.15, 0.2) is 12.8 Å². The van der Waals surface area contributed by atoms with E-state index in [0.717, 1.165) is 23.9 Å². The predicted octanol–water partition coefficient (Wildman–Crippen LogP) is 1.53. The van der Waals surface area contributed by atoms with Crippen molar-refractivity contribution in [3.05, 3.63) is 12.7 Å². The molecule has 0 fully saturated rings. The molecule has 0 aromatic rings. The van der Waals surface area contributed by atoms with Crippen LogP contribution in [0.4, 0.5) is 0 Å². The van der Waals surface area contributed by atoms with Gasteiger partial charge in [-0.1, -0.05) is 6.58 Å². The normalized spacial score (nSPS) is 12.1. The molecule has 1 amide bonds. The molecule has 1 N–H and O–H groups in total. The van der Waals surface area contributed by atoms with E-state index >= 15 is 0 Å². The first-order valence-corrected chi connectivity index (χ1v) is 7.50. The Labute approximate surface area is 111 Å². The zero-order chi connectivity index (χ0) is 14.0. The summed E-state index contributed by atoms with van der Waals surface area (Å²) in [6.07, 6.45) is 3.39. The standard InChI is InChI=1S/C12H24N2O3P/c1-5-12(15)13-8-6-7-11-18(16)17-10-9-14(2,3)4/h5H,1,6-11H2,2-4H3/q+1/p+1. The number of carbonyl (C=O) groups is 1. The Hall–Kier alpha value is -0.770. The molecule has 0 bridgehead atoms. The molecule has 0 aromatic carbocycles. The van der Waals surface area contributed by atoms with E-state index in [1.807, 2.05) is 0 Å². The Morgan fingerprint density at radius 3 is 2.61 bits per heavy atom. The molecule has 18 heavy (non-hydrogen) atoms. The molecule has 1 unspecified atom stereocenters. The third-order valence-electron chi connectivity index (χ3n) is 2.25. The Balaban J connectivity index is 3.43. The molecule has 0 radical (unpaired) electrons. The van der Waals surface area contributed by atoms with Crippen molar-refractivity contribution in [2.45, 2.75) is 12.8 Å². The van der Waals surface area contributed by atoms with Gasteiger partial charge >= 0.3 is 8.03 Å². The van der Waals surface area contributed by atoms with Crippen LogP contribution in [0, 0.1) is 0 Å². The summed E-state index contributed by atoms with van der Waals surface area (Å²) in [4.78, 5) is 10.8. The maximum atomic E-state index is 11.5. The highest BCUT2D eigenvalue weighted by Crippen LogP contribution is 2.23. The average Bonchev–Trinajstić information content (AvgIpc) is 2.26. The summed E-state index contributed by atoms with van der Waals surface area (Å²) < 4.78 is 17.6. The summed E-state index contributed by atoms with van der Waals surface area (Å²) in [5, 5.41) is 2.67. The Bertz CT molecular complexity index is 288. The average molecular weight is 276 g/mol. The molecular formula is C12H25N2O3P+2. The van der Waals surface area contributed by atoms with E-state index in [1.54, 1.807) is 0 Å². The van der Waals surface area contributed by atoms with Crippen LogP contribution >= 0.6 is 8.03 Å². The Morgan fingerprint density at radius 1 is 1.39 bits per heavy atom. The number of quaternary nitrogens is 1. The molecule has 104 valence electrons. The Kier molecular flexibility index (Phi) is 8.81. The molecule has 0 aliphatic heterocycles. The van der Waals surface area contributed by atoms with Gasteiger partial charge in [-0.05, 0) is 23.5 Å². The van der Waals surface area contributed by atoms with Crippen LogP contribution in [0.5, 0.6) is 0 Å². The lowest BCUT2D eigenvalue weighted by atomic mass is 10.3. The summed E-state index contributed by atoms with van der Waals surface area (Å²) in [5.41, 5.74) is 0. The van der Waals surface area contributed by atoms with Gasteiger partial charge in [-0.15, -0.1) is 4.52 Å². The molecule has 5 nitrogen and oxygen atoms in total. The molecular weight excluding hydrogens is 251 g/mol. The van der Waals surface area contributed by atoms with E-state index in [-0.39, 0.29) is 5.91 Å². The number of nitrogens with one attached hydrogen (secondary N) is 1. The van der Waals surface area contributed by atoms with E-state index in [2.05, 4.69) is 33.0 Å². The fraction of sp³-hybridized carbons (Fsp3) is 0.750. The monoisotopic (exact) mass is 276 g/mol. The highest BCUT2D eigenvalue weighted by Gasteiger charge is 2.18. The first kappa shape index (κ1) is 17.2. The number of rotatable bonds is 10. The third kappa shape index (κ3) is 11.7. The van der Waals surface area contributed by atoms with Gasteiger partial charge in [-0.2, -0.15) is 0 Å². The van der Waals surface area contributed by atoms with Gasteiger partial charge in [0.2, 0.25) is 5.91 Å². The highest BCUT2D eigenvalue weighted by molar-refractivity contribution is 7.39. The van der Waals surface area contributed by atoms with Gasteiger partial charge in [0.1, 0.15) is 6.54 Å². The van der Waals surface area contributed by atoms with E-state index in [9.17, 15) is 9.36 Å². The molecule has 0 spiro atoms. The lowest BCUT2D eigenvalue weighted by Crippen LogP contribution is -2.37. The van der Waals surface area contributed by atoms with Crippen molar-refractivity contribution in [3.8, 4) is 0 Å². The third-order valence-corrected chi connectivity index (χ3v) is 3.40. The second-order valence-electron chi connectivity index (χ2n) is 5.11. The number of likely N-dealkylation sites (N-methyl/N-ethyl adjacent to an activating group) is 1. The lowest BCUT2D eigenvalue weighted by Gasteiger charge is -2.21. The molecule has 0 aliphatic carbocycles. The van der Waals surface area contributed by atoms with Gasteiger partial charge in [-0.3, -0.25) is 4.79 Å². The smallest absolute Gasteiger partial charge is 0.353 e. The van der Waals surface area contributed by atoms with Crippen molar-refractivity contribution in [2.75, 3.05) is 47.0 Å². The zero-order valence-electron chi connectivity index (χ0n) is 11.6. The minimum atomic E-state index is -1.56. The van der Waals surface area contributed by atoms with Crippen LogP contribution in [0.3, 0.4) is 0 Å². The first-order chi connectivity index (χ1) is 8.35. The zero-order valence-corrected chi connectivity index (χ0v) is 12.5. The molecule has 0 aromatic heterocycles. The maximum absolute atomic E-state index is 11.5. The number of unbranched alkanes of at least 4 members (excludes halogenated alkanes) is 1. The van der Waals surface area contributed by atoms with Crippen LogP contribution in [0.15, 0.2) is 12.7 Å². The molecule has 0 saturated heterocycles. The van der Waals surface area contributed by atoms with Crippen LogP contribution in [0.1, 0.15) is 12.8 Å². The molecule has 0 saturated carbocycles. The summed E-state index contributed by atoms with van der Waals surface area (Å²) >= 11 is 0.